The molecule has 2 aromatic heterocycles. The lowest BCUT2D eigenvalue weighted by Gasteiger charge is -2.17. The van der Waals surface area contributed by atoms with Crippen LogP contribution in [-0.4, -0.2) is 33.8 Å². The van der Waals surface area contributed by atoms with Crippen LogP contribution < -0.4 is 5.32 Å². The quantitative estimate of drug-likeness (QED) is 0.683. The zero-order valence-electron chi connectivity index (χ0n) is 15.5. The lowest BCUT2D eigenvalue weighted by atomic mass is 10.1. The van der Waals surface area contributed by atoms with E-state index in [1.807, 2.05) is 54.7 Å². The Kier molecular flexibility index (Phi) is 5.44. The van der Waals surface area contributed by atoms with Gasteiger partial charge in [0, 0.05) is 29.1 Å². The molecule has 0 saturated carbocycles. The van der Waals surface area contributed by atoms with Crippen LogP contribution in [-0.2, 0) is 11.3 Å². The molecule has 3 rings (SSSR count). The van der Waals surface area contributed by atoms with Crippen LogP contribution in [0, 0.1) is 20.8 Å². The predicted octanol–water partition coefficient (Wildman–Crippen LogP) is 4.09. The molecular weight excluding hydrogens is 392 g/mol. The first-order chi connectivity index (χ1) is 12.3. The lowest BCUT2D eigenvalue weighted by Crippen LogP contribution is -2.30. The van der Waals surface area contributed by atoms with Gasteiger partial charge in [-0.3, -0.25) is 9.69 Å². The molecule has 0 aliphatic carbocycles. The third-order valence-electron chi connectivity index (χ3n) is 4.25. The van der Waals surface area contributed by atoms with Gasteiger partial charge < -0.3 is 9.72 Å². The van der Waals surface area contributed by atoms with Crippen LogP contribution in [0.15, 0.2) is 41.1 Å². The molecule has 1 aromatic carbocycles. The van der Waals surface area contributed by atoms with Gasteiger partial charge in [0.25, 0.3) is 0 Å². The van der Waals surface area contributed by atoms with Crippen molar-refractivity contribution in [3.63, 3.8) is 0 Å². The maximum absolute atomic E-state index is 12.4. The predicted molar refractivity (Wildman–Crippen MR) is 109 cm³/mol. The molecule has 2 heterocycles. The van der Waals surface area contributed by atoms with E-state index in [1.165, 1.54) is 5.56 Å². The fraction of sp³-hybridized carbons (Fsp3) is 0.300. The van der Waals surface area contributed by atoms with Gasteiger partial charge in [-0.2, -0.15) is 0 Å². The van der Waals surface area contributed by atoms with Crippen molar-refractivity contribution in [3.05, 3.63) is 63.5 Å². The molecule has 0 bridgehead atoms. The van der Waals surface area contributed by atoms with Crippen molar-refractivity contribution in [1.29, 1.82) is 0 Å². The van der Waals surface area contributed by atoms with E-state index < -0.39 is 0 Å². The Balaban J connectivity index is 1.63. The summed E-state index contributed by atoms with van der Waals surface area (Å²) in [5, 5.41) is 3.04. The number of likely N-dealkylation sites (N-methyl/N-ethyl adjacent to an activating group) is 1. The van der Waals surface area contributed by atoms with Gasteiger partial charge in [-0.05, 0) is 67.0 Å². The number of hydrogen-bond acceptors (Lipinski definition) is 3. The Morgan fingerprint density at radius 2 is 1.88 bits per heavy atom. The summed E-state index contributed by atoms with van der Waals surface area (Å²) < 4.78 is 2.98. The van der Waals surface area contributed by atoms with Crippen molar-refractivity contribution >= 4 is 33.2 Å². The van der Waals surface area contributed by atoms with Crippen molar-refractivity contribution < 1.29 is 4.79 Å². The average molecular weight is 415 g/mol. The summed E-state index contributed by atoms with van der Waals surface area (Å²) in [5.74, 6) is -0.0194. The molecule has 26 heavy (non-hydrogen) atoms. The number of benzene rings is 1. The first-order valence-electron chi connectivity index (χ1n) is 8.51. The number of carbonyl (C=O) groups is 1. The van der Waals surface area contributed by atoms with Crippen LogP contribution in [0.3, 0.4) is 0 Å². The van der Waals surface area contributed by atoms with E-state index in [2.05, 4.69) is 45.3 Å². The number of carbonyl (C=O) groups excluding carboxylic acids is 1. The molecular formula is C20H23BrN4O. The third-order valence-corrected chi connectivity index (χ3v) is 4.72. The third kappa shape index (κ3) is 4.31. The topological polar surface area (TPSA) is 49.6 Å². The molecule has 1 N–H and O–H groups in total. The van der Waals surface area contributed by atoms with Crippen LogP contribution in [0.4, 0.5) is 5.69 Å². The van der Waals surface area contributed by atoms with Gasteiger partial charge in [-0.1, -0.05) is 17.7 Å². The highest BCUT2D eigenvalue weighted by Gasteiger charge is 2.12. The highest BCUT2D eigenvalue weighted by molar-refractivity contribution is 9.10. The average Bonchev–Trinajstić information content (AvgIpc) is 2.91. The van der Waals surface area contributed by atoms with E-state index in [0.717, 1.165) is 32.6 Å². The summed E-state index contributed by atoms with van der Waals surface area (Å²) in [7, 11) is 1.92. The molecule has 0 atom stereocenters. The summed E-state index contributed by atoms with van der Waals surface area (Å²) in [6.07, 6.45) is 3.96. The van der Waals surface area contributed by atoms with E-state index in [-0.39, 0.29) is 5.91 Å². The van der Waals surface area contributed by atoms with E-state index in [4.69, 9.17) is 0 Å². The molecule has 0 aliphatic heterocycles. The van der Waals surface area contributed by atoms with Gasteiger partial charge in [0.15, 0.2) is 0 Å². The van der Waals surface area contributed by atoms with Crippen LogP contribution in [0.2, 0.25) is 0 Å². The Hall–Kier alpha value is -2.18. The van der Waals surface area contributed by atoms with Crippen LogP contribution >= 0.6 is 15.9 Å². The summed E-state index contributed by atoms with van der Waals surface area (Å²) >= 11 is 3.46. The molecule has 0 spiro atoms. The van der Waals surface area contributed by atoms with Crippen molar-refractivity contribution in [3.8, 4) is 0 Å². The number of nitrogens with zero attached hydrogens (tertiary/aromatic N) is 3. The van der Waals surface area contributed by atoms with Crippen molar-refractivity contribution in [2.24, 2.45) is 0 Å². The van der Waals surface area contributed by atoms with E-state index >= 15 is 0 Å². The number of pyridine rings is 1. The van der Waals surface area contributed by atoms with Gasteiger partial charge in [0.1, 0.15) is 5.65 Å². The highest BCUT2D eigenvalue weighted by atomic mass is 79.9. The smallest absolute Gasteiger partial charge is 0.238 e. The van der Waals surface area contributed by atoms with Gasteiger partial charge in [-0.25, -0.2) is 4.98 Å². The lowest BCUT2D eigenvalue weighted by molar-refractivity contribution is -0.117. The normalized spacial score (nSPS) is 11.3. The Morgan fingerprint density at radius 3 is 2.58 bits per heavy atom. The molecule has 1 amide bonds. The number of anilines is 1. The molecule has 136 valence electrons. The van der Waals surface area contributed by atoms with Crippen molar-refractivity contribution in [2.75, 3.05) is 18.9 Å². The maximum atomic E-state index is 12.4. The second kappa shape index (κ2) is 7.60. The fourth-order valence-corrected chi connectivity index (χ4v) is 3.58. The minimum absolute atomic E-state index is 0.0194. The minimum Gasteiger partial charge on any atom is -0.324 e. The standard InChI is InChI=1S/C20H23BrN4O/c1-13-7-14(2)20(15(3)8-13)23-19(26)12-24(4)10-17-11-25-9-16(21)5-6-18(25)22-17/h5-9,11H,10,12H2,1-4H3,(H,23,26). The molecule has 3 aromatic rings. The molecule has 0 saturated heterocycles. The Morgan fingerprint density at radius 1 is 1.19 bits per heavy atom. The molecule has 6 heteroatoms. The fourth-order valence-electron chi connectivity index (χ4n) is 3.23. The van der Waals surface area contributed by atoms with E-state index in [0.29, 0.717) is 13.1 Å². The van der Waals surface area contributed by atoms with Crippen LogP contribution in [0.1, 0.15) is 22.4 Å². The number of aryl methyl sites for hydroxylation is 3. The number of nitrogens with one attached hydrogen (secondary N) is 1. The van der Waals surface area contributed by atoms with Gasteiger partial charge >= 0.3 is 0 Å². The van der Waals surface area contributed by atoms with Crippen molar-refractivity contribution in [2.45, 2.75) is 27.3 Å². The Bertz CT molecular complexity index is 941. The van der Waals surface area contributed by atoms with Crippen molar-refractivity contribution in [1.82, 2.24) is 14.3 Å². The van der Waals surface area contributed by atoms with E-state index in [9.17, 15) is 4.79 Å². The Labute approximate surface area is 162 Å². The van der Waals surface area contributed by atoms with Gasteiger partial charge in [0.05, 0.1) is 12.2 Å². The zero-order chi connectivity index (χ0) is 18.8. The first kappa shape index (κ1) is 18.6. The number of fused-ring (bicyclic) bond motifs is 1. The number of amides is 1. The second-order valence-electron chi connectivity index (χ2n) is 6.84. The summed E-state index contributed by atoms with van der Waals surface area (Å²) in [6.45, 7) is 7.03. The zero-order valence-corrected chi connectivity index (χ0v) is 17.1. The largest absolute Gasteiger partial charge is 0.324 e. The number of hydrogen-bond donors (Lipinski definition) is 1. The monoisotopic (exact) mass is 414 g/mol. The minimum atomic E-state index is -0.0194. The molecule has 0 aliphatic rings. The van der Waals surface area contributed by atoms with Crippen LogP contribution in [0.5, 0.6) is 0 Å². The maximum Gasteiger partial charge on any atom is 0.238 e. The highest BCUT2D eigenvalue weighted by Crippen LogP contribution is 2.22. The summed E-state index contributed by atoms with van der Waals surface area (Å²) in [5.41, 5.74) is 6.11. The summed E-state index contributed by atoms with van der Waals surface area (Å²) in [6, 6.07) is 8.10. The molecule has 0 unspecified atom stereocenters. The van der Waals surface area contributed by atoms with Gasteiger partial charge in [0.2, 0.25) is 5.91 Å². The molecule has 0 fully saturated rings. The number of rotatable bonds is 5. The van der Waals surface area contributed by atoms with Crippen LogP contribution in [0.25, 0.3) is 5.65 Å². The number of aromatic nitrogens is 2. The number of imidazole rings is 1. The first-order valence-corrected chi connectivity index (χ1v) is 9.30. The summed E-state index contributed by atoms with van der Waals surface area (Å²) in [4.78, 5) is 19.0. The molecule has 5 nitrogen and oxygen atoms in total. The SMILES string of the molecule is Cc1cc(C)c(NC(=O)CN(C)Cc2cn3cc(Br)ccc3n2)c(C)c1. The molecule has 0 radical (unpaired) electrons. The van der Waals surface area contributed by atoms with E-state index in [1.54, 1.807) is 0 Å². The number of halogens is 1. The second-order valence-corrected chi connectivity index (χ2v) is 7.75. The van der Waals surface area contributed by atoms with Gasteiger partial charge in [-0.15, -0.1) is 0 Å².